The number of aromatic nitrogens is 4. The van der Waals surface area contributed by atoms with Gasteiger partial charge in [0.1, 0.15) is 11.6 Å². The maximum atomic E-state index is 5.69. The molecule has 0 radical (unpaired) electrons. The molecule has 12 rings (SSSR count). The van der Waals surface area contributed by atoms with Gasteiger partial charge in [-0.1, -0.05) is 172 Å². The summed E-state index contributed by atoms with van der Waals surface area (Å²) in [6.45, 7) is 15.8. The monoisotopic (exact) mass is 1070 g/mol. The van der Waals surface area contributed by atoms with Gasteiger partial charge in [-0.15, -0.1) is 34.8 Å². The molecule has 0 saturated heterocycles. The second-order valence-electron chi connectivity index (χ2n) is 19.7. The van der Waals surface area contributed by atoms with Gasteiger partial charge in [0.05, 0.1) is 11.0 Å². The van der Waals surface area contributed by atoms with Gasteiger partial charge in [-0.05, 0) is 118 Å². The molecular formula is C63H51N5Pt. The van der Waals surface area contributed by atoms with Crippen LogP contribution in [0, 0.1) is 26.8 Å². The molecule has 6 heteroatoms. The minimum atomic E-state index is -0.491. The third kappa shape index (κ3) is 7.00. The first-order chi connectivity index (χ1) is 33.0. The van der Waals surface area contributed by atoms with Crippen molar-refractivity contribution in [3.8, 4) is 39.3 Å². The van der Waals surface area contributed by atoms with E-state index in [1.807, 2.05) is 6.20 Å². The van der Waals surface area contributed by atoms with Crippen LogP contribution in [0.15, 0.2) is 182 Å². The largest absolute Gasteiger partial charge is 2.00 e. The van der Waals surface area contributed by atoms with Crippen LogP contribution in [0.2, 0.25) is 0 Å². The van der Waals surface area contributed by atoms with Gasteiger partial charge < -0.3 is 9.88 Å². The molecule has 1 atom stereocenters. The molecule has 338 valence electrons. The summed E-state index contributed by atoms with van der Waals surface area (Å²) < 4.78 is 2.31. The Balaban J connectivity index is 0.00000520. The summed E-state index contributed by atoms with van der Waals surface area (Å²) in [5.74, 6) is 1.69. The number of hydrogen-bond acceptors (Lipinski definition) is 3. The summed E-state index contributed by atoms with van der Waals surface area (Å²) in [6.07, 6.45) is 1.95. The smallest absolute Gasteiger partial charge is 0.656 e. The summed E-state index contributed by atoms with van der Waals surface area (Å²) in [5, 5.41) is 2.35. The molecule has 0 amide bonds. The first-order valence-electron chi connectivity index (χ1n) is 23.6. The minimum Gasteiger partial charge on any atom is -0.656 e. The predicted molar refractivity (Wildman–Crippen MR) is 282 cm³/mol. The van der Waals surface area contributed by atoms with Crippen molar-refractivity contribution in [1.29, 1.82) is 0 Å². The van der Waals surface area contributed by atoms with Crippen molar-refractivity contribution >= 4 is 50.0 Å². The number of hydrogen-bond donors (Lipinski definition) is 0. The molecule has 1 aliphatic heterocycles. The Kier molecular flexibility index (Phi) is 10.7. The van der Waals surface area contributed by atoms with Crippen molar-refractivity contribution in [3.05, 3.63) is 227 Å². The Morgan fingerprint density at radius 3 is 2.13 bits per heavy atom. The molecule has 4 heterocycles. The van der Waals surface area contributed by atoms with Crippen LogP contribution in [0.25, 0.3) is 72.2 Å². The third-order valence-electron chi connectivity index (χ3n) is 14.3. The summed E-state index contributed by atoms with van der Waals surface area (Å²) in [6, 6.07) is 67.4. The summed E-state index contributed by atoms with van der Waals surface area (Å²) in [5.41, 5.74) is 20.3. The van der Waals surface area contributed by atoms with Crippen LogP contribution in [0.1, 0.15) is 66.6 Å². The van der Waals surface area contributed by atoms with Crippen molar-refractivity contribution in [2.45, 2.75) is 59.3 Å². The zero-order valence-corrected chi connectivity index (χ0v) is 42.1. The molecule has 11 aromatic rings. The number of fused-ring (bicyclic) bond motifs is 6. The van der Waals surface area contributed by atoms with Crippen molar-refractivity contribution in [3.63, 3.8) is 0 Å². The maximum Gasteiger partial charge on any atom is 2.00 e. The van der Waals surface area contributed by atoms with Crippen molar-refractivity contribution < 1.29 is 21.1 Å². The number of anilines is 3. The Morgan fingerprint density at radius 1 is 0.652 bits per heavy atom. The molecule has 8 aromatic carbocycles. The number of nitrogens with zero attached hydrogens (tertiary/aromatic N) is 5. The van der Waals surface area contributed by atoms with Gasteiger partial charge >= 0.3 is 21.1 Å². The molecule has 69 heavy (non-hydrogen) atoms. The van der Waals surface area contributed by atoms with Crippen molar-refractivity contribution in [2.24, 2.45) is 0 Å². The summed E-state index contributed by atoms with van der Waals surface area (Å²) in [7, 11) is 0. The Morgan fingerprint density at radius 2 is 1.36 bits per heavy atom. The van der Waals surface area contributed by atoms with E-state index in [2.05, 4.69) is 240 Å². The first kappa shape index (κ1) is 44.2. The van der Waals surface area contributed by atoms with E-state index in [0.717, 1.165) is 78.6 Å². The number of pyridine rings is 1. The van der Waals surface area contributed by atoms with E-state index in [0.29, 0.717) is 0 Å². The van der Waals surface area contributed by atoms with Crippen LogP contribution in [0.5, 0.6) is 0 Å². The van der Waals surface area contributed by atoms with E-state index >= 15 is 0 Å². The molecule has 0 fully saturated rings. The van der Waals surface area contributed by atoms with Gasteiger partial charge in [0, 0.05) is 28.6 Å². The maximum absolute atomic E-state index is 5.69. The number of para-hydroxylation sites is 4. The van der Waals surface area contributed by atoms with E-state index in [1.165, 1.54) is 49.7 Å². The predicted octanol–water partition coefficient (Wildman–Crippen LogP) is 15.8. The molecule has 5 nitrogen and oxygen atoms in total. The summed E-state index contributed by atoms with van der Waals surface area (Å²) in [4.78, 5) is 18.5. The van der Waals surface area contributed by atoms with Crippen molar-refractivity contribution in [1.82, 2.24) is 19.5 Å². The van der Waals surface area contributed by atoms with Crippen molar-refractivity contribution in [2.75, 3.05) is 4.90 Å². The van der Waals surface area contributed by atoms with Gasteiger partial charge in [-0.2, -0.15) is 0 Å². The fraction of sp³-hybridized carbons (Fsp3) is 0.143. The van der Waals surface area contributed by atoms with Crippen LogP contribution in [-0.4, -0.2) is 14.5 Å². The molecule has 0 spiro atoms. The van der Waals surface area contributed by atoms with Gasteiger partial charge in [0.2, 0.25) is 0 Å². The standard InChI is InChI=1S/C63H51N5.Pt/c1-39-35-40(2)57(41(3)36-39)43-33-34-64-56(38-43)68-53-27-17-15-25-49(53)63(7,44-19-10-8-11-20-44)50-31-29-42(37-55(50)68)46-24-18-28-54-59(46)66-61(67(54)45-21-12-9-13-22-45)48-30-32-51(62(4,5)6)58-47-23-14-16-26-52(47)65-60(48)58;/h8-36,38H,1-7H3;/q-2;+2. The number of imidazole rings is 1. The van der Waals surface area contributed by atoms with E-state index in [1.54, 1.807) is 0 Å². The number of benzene rings is 8. The Labute approximate surface area is 418 Å². The molecule has 1 unspecified atom stereocenters. The number of aryl methyl sites for hydroxylation is 3. The van der Waals surface area contributed by atoms with Gasteiger partial charge in [0.15, 0.2) is 0 Å². The first-order valence-corrected chi connectivity index (χ1v) is 23.6. The zero-order chi connectivity index (χ0) is 46.5. The number of rotatable bonds is 6. The molecule has 0 N–H and O–H groups in total. The fourth-order valence-corrected chi connectivity index (χ4v) is 11.3. The minimum absolute atomic E-state index is 0. The van der Waals surface area contributed by atoms with E-state index in [9.17, 15) is 0 Å². The van der Waals surface area contributed by atoms with Crippen LogP contribution in [0.4, 0.5) is 17.2 Å². The van der Waals surface area contributed by atoms with Crippen LogP contribution in [-0.2, 0) is 31.9 Å². The van der Waals surface area contributed by atoms with Gasteiger partial charge in [-0.3, -0.25) is 4.57 Å². The van der Waals surface area contributed by atoms with Gasteiger partial charge in [-0.25, -0.2) is 9.97 Å². The second-order valence-corrected chi connectivity index (χ2v) is 19.7. The second kappa shape index (κ2) is 16.7. The zero-order valence-electron chi connectivity index (χ0n) is 39.9. The normalized spacial score (nSPS) is 14.5. The quantitative estimate of drug-likeness (QED) is 0.156. The molecule has 0 aliphatic carbocycles. The van der Waals surface area contributed by atoms with Crippen LogP contribution >= 0.6 is 0 Å². The van der Waals surface area contributed by atoms with Gasteiger partial charge in [0.25, 0.3) is 0 Å². The average Bonchev–Trinajstić information content (AvgIpc) is 3.93. The van der Waals surface area contributed by atoms with Crippen LogP contribution in [0.3, 0.4) is 0 Å². The summed E-state index contributed by atoms with van der Waals surface area (Å²) >= 11 is 0. The Bertz CT molecular complexity index is 3760. The molecule has 0 saturated carbocycles. The average molecular weight is 1070 g/mol. The molecular weight excluding hydrogens is 1020 g/mol. The molecule has 0 bridgehead atoms. The topological polar surface area (TPSA) is 48.1 Å². The van der Waals surface area contributed by atoms with E-state index in [-0.39, 0.29) is 26.5 Å². The van der Waals surface area contributed by atoms with E-state index < -0.39 is 5.41 Å². The SMILES string of the molecule is Cc1cc(C)c(-c2ccnc(N3c4[c-]c(-c5cccc6c5nc(-c5ccc(C(C)(C)C)c7c5[n-]c5ccccc57)n6-c5ccccc5)ccc4C(C)(c4ccccc4)c4ccccc43)c2)c(C)c1.[Pt+2]. The third-order valence-corrected chi connectivity index (χ3v) is 14.3. The van der Waals surface area contributed by atoms with E-state index in [4.69, 9.17) is 15.0 Å². The molecule has 3 aromatic heterocycles. The molecule has 1 aliphatic rings. The fourth-order valence-electron chi connectivity index (χ4n) is 11.3. The van der Waals surface area contributed by atoms with Crippen LogP contribution < -0.4 is 9.88 Å². The Hall–Kier alpha value is -7.33.